The van der Waals surface area contributed by atoms with Crippen LogP contribution in [0.25, 0.3) is 0 Å². The van der Waals surface area contributed by atoms with Crippen molar-refractivity contribution in [3.05, 3.63) is 42.0 Å². The number of hydrogen-bond acceptors (Lipinski definition) is 3. The molecule has 1 aliphatic carbocycles. The molecule has 1 aliphatic heterocycles. The van der Waals surface area contributed by atoms with Gasteiger partial charge in [0.25, 0.3) is 0 Å². The molecule has 0 spiro atoms. The van der Waals surface area contributed by atoms with Crippen LogP contribution in [0.2, 0.25) is 0 Å². The molecule has 1 atom stereocenters. The van der Waals surface area contributed by atoms with Crippen LogP contribution in [0.3, 0.4) is 0 Å². The molecule has 1 aromatic rings. The van der Waals surface area contributed by atoms with Crippen LogP contribution in [-0.2, 0) is 14.8 Å². The van der Waals surface area contributed by atoms with Gasteiger partial charge in [0.1, 0.15) is 0 Å². The number of rotatable bonds is 4. The van der Waals surface area contributed by atoms with Gasteiger partial charge in [-0.3, -0.25) is 4.79 Å². The lowest BCUT2D eigenvalue weighted by atomic mass is 10.0. The van der Waals surface area contributed by atoms with Crippen LogP contribution in [0.1, 0.15) is 24.8 Å². The van der Waals surface area contributed by atoms with Crippen molar-refractivity contribution < 1.29 is 13.2 Å². The summed E-state index contributed by atoms with van der Waals surface area (Å²) in [6.45, 7) is 3.55. The number of hydrogen-bond donors (Lipinski definition) is 0. The average molecular weight is 348 g/mol. The van der Waals surface area contributed by atoms with Gasteiger partial charge in [0.05, 0.1) is 4.90 Å². The third-order valence-electron chi connectivity index (χ3n) is 4.77. The van der Waals surface area contributed by atoms with E-state index in [1.165, 1.54) is 4.31 Å². The van der Waals surface area contributed by atoms with Crippen molar-refractivity contribution in [1.82, 2.24) is 9.21 Å². The molecule has 0 bridgehead atoms. The zero-order valence-electron chi connectivity index (χ0n) is 14.0. The van der Waals surface area contributed by atoms with Gasteiger partial charge in [-0.25, -0.2) is 8.42 Å². The molecule has 6 heteroatoms. The lowest BCUT2D eigenvalue weighted by Crippen LogP contribution is -2.50. The lowest BCUT2D eigenvalue weighted by molar-refractivity contribution is -0.133. The van der Waals surface area contributed by atoms with Crippen LogP contribution in [0.15, 0.2) is 41.3 Å². The fourth-order valence-electron chi connectivity index (χ4n) is 3.32. The number of aryl methyl sites for hydroxylation is 1. The molecule has 0 unspecified atom stereocenters. The Kier molecular flexibility index (Phi) is 5.06. The van der Waals surface area contributed by atoms with E-state index in [0.717, 1.165) is 18.4 Å². The van der Waals surface area contributed by atoms with Crippen molar-refractivity contribution in [2.45, 2.75) is 31.1 Å². The van der Waals surface area contributed by atoms with Crippen LogP contribution in [0.4, 0.5) is 0 Å². The first-order valence-electron chi connectivity index (χ1n) is 8.48. The third-order valence-corrected chi connectivity index (χ3v) is 6.66. The Hall–Kier alpha value is -1.66. The van der Waals surface area contributed by atoms with E-state index < -0.39 is 10.0 Å². The third kappa shape index (κ3) is 3.70. The summed E-state index contributed by atoms with van der Waals surface area (Å²) in [6, 6.07) is 6.97. The minimum absolute atomic E-state index is 0.138. The molecule has 3 rings (SSSR count). The summed E-state index contributed by atoms with van der Waals surface area (Å²) in [6.07, 6.45) is 6.90. The first-order chi connectivity index (χ1) is 11.5. The number of carbonyl (C=O) groups is 1. The molecule has 0 radical (unpaired) electrons. The highest BCUT2D eigenvalue weighted by Gasteiger charge is 2.30. The summed E-state index contributed by atoms with van der Waals surface area (Å²) in [7, 11) is -3.47. The largest absolute Gasteiger partial charge is 0.340 e. The quantitative estimate of drug-likeness (QED) is 0.784. The van der Waals surface area contributed by atoms with E-state index in [1.54, 1.807) is 23.1 Å². The molecular weight excluding hydrogens is 324 g/mol. The molecule has 130 valence electrons. The summed E-state index contributed by atoms with van der Waals surface area (Å²) in [5.41, 5.74) is 0.925. The van der Waals surface area contributed by atoms with E-state index in [1.807, 2.05) is 13.0 Å². The lowest BCUT2D eigenvalue weighted by Gasteiger charge is -2.34. The minimum atomic E-state index is -3.47. The fourth-order valence-corrected chi connectivity index (χ4v) is 4.85. The normalized spacial score (nSPS) is 22.0. The Bertz CT molecular complexity index is 734. The van der Waals surface area contributed by atoms with Crippen molar-refractivity contribution >= 4 is 15.9 Å². The first-order valence-corrected chi connectivity index (χ1v) is 9.92. The van der Waals surface area contributed by atoms with E-state index in [4.69, 9.17) is 0 Å². The number of sulfonamides is 1. The Labute approximate surface area is 144 Å². The number of carbonyl (C=O) groups excluding carboxylic acids is 1. The van der Waals surface area contributed by atoms with Crippen LogP contribution < -0.4 is 0 Å². The van der Waals surface area contributed by atoms with Gasteiger partial charge in [-0.15, -0.1) is 0 Å². The van der Waals surface area contributed by atoms with Crippen molar-refractivity contribution in [2.24, 2.45) is 5.92 Å². The summed E-state index contributed by atoms with van der Waals surface area (Å²) in [4.78, 5) is 14.5. The minimum Gasteiger partial charge on any atom is -0.340 e. The van der Waals surface area contributed by atoms with Crippen molar-refractivity contribution in [3.8, 4) is 0 Å². The highest BCUT2D eigenvalue weighted by Crippen LogP contribution is 2.23. The van der Waals surface area contributed by atoms with Crippen LogP contribution in [0.5, 0.6) is 0 Å². The topological polar surface area (TPSA) is 57.7 Å². The van der Waals surface area contributed by atoms with Gasteiger partial charge >= 0.3 is 0 Å². The number of allylic oxidation sites excluding steroid dienone is 2. The second-order valence-electron chi connectivity index (χ2n) is 6.57. The fraction of sp³-hybridized carbons (Fsp3) is 0.500. The maximum atomic E-state index is 12.7. The van der Waals surface area contributed by atoms with Crippen molar-refractivity contribution in [1.29, 1.82) is 0 Å². The molecule has 0 N–H and O–H groups in total. The Morgan fingerprint density at radius 3 is 2.58 bits per heavy atom. The predicted octanol–water partition coefficient (Wildman–Crippen LogP) is 2.18. The second-order valence-corrected chi connectivity index (χ2v) is 8.51. The molecule has 1 heterocycles. The highest BCUT2D eigenvalue weighted by molar-refractivity contribution is 7.89. The number of nitrogens with zero attached hydrogens (tertiary/aromatic N) is 2. The molecule has 0 aromatic heterocycles. The molecule has 5 nitrogen and oxygen atoms in total. The molecule has 1 fully saturated rings. The van der Waals surface area contributed by atoms with Crippen LogP contribution >= 0.6 is 0 Å². The monoisotopic (exact) mass is 348 g/mol. The Morgan fingerprint density at radius 2 is 1.96 bits per heavy atom. The van der Waals surface area contributed by atoms with E-state index >= 15 is 0 Å². The van der Waals surface area contributed by atoms with Gasteiger partial charge in [0.2, 0.25) is 15.9 Å². The molecule has 1 amide bonds. The van der Waals surface area contributed by atoms with Gasteiger partial charge < -0.3 is 4.90 Å². The predicted molar refractivity (Wildman–Crippen MR) is 93.0 cm³/mol. The summed E-state index contributed by atoms with van der Waals surface area (Å²) in [5, 5.41) is 0. The average Bonchev–Trinajstić information content (AvgIpc) is 3.08. The van der Waals surface area contributed by atoms with E-state index in [2.05, 4.69) is 12.2 Å². The van der Waals surface area contributed by atoms with Gasteiger partial charge in [-0.05, 0) is 43.4 Å². The van der Waals surface area contributed by atoms with Gasteiger partial charge in [0.15, 0.2) is 0 Å². The Balaban J connectivity index is 1.60. The molecule has 24 heavy (non-hydrogen) atoms. The molecular formula is C18H24N2O3S. The van der Waals surface area contributed by atoms with Crippen LogP contribution in [-0.4, -0.2) is 49.7 Å². The van der Waals surface area contributed by atoms with Crippen LogP contribution in [0, 0.1) is 12.8 Å². The first kappa shape index (κ1) is 17.2. The zero-order chi connectivity index (χ0) is 17.2. The molecule has 0 saturated carbocycles. The maximum Gasteiger partial charge on any atom is 0.243 e. The molecule has 1 saturated heterocycles. The zero-order valence-corrected chi connectivity index (χ0v) is 14.8. The number of benzene rings is 1. The molecule has 2 aliphatic rings. The standard InChI is InChI=1S/C18H24N2O3S/c1-15-5-4-8-17(13-15)24(22,23)20-11-9-19(10-12-20)18(21)14-16-6-2-3-7-16/h2,4-6,8,13,16H,3,7,9-12,14H2,1H3/t16-/m1/s1. The SMILES string of the molecule is Cc1cccc(S(=O)(=O)N2CCN(C(=O)C[C@@H]3C=CCC3)CC2)c1. The second kappa shape index (κ2) is 7.07. The smallest absolute Gasteiger partial charge is 0.243 e. The van der Waals surface area contributed by atoms with E-state index in [-0.39, 0.29) is 5.91 Å². The van der Waals surface area contributed by atoms with Crippen molar-refractivity contribution in [2.75, 3.05) is 26.2 Å². The van der Waals surface area contributed by atoms with Gasteiger partial charge in [-0.2, -0.15) is 4.31 Å². The van der Waals surface area contributed by atoms with Gasteiger partial charge in [0, 0.05) is 32.6 Å². The summed E-state index contributed by atoms with van der Waals surface area (Å²) >= 11 is 0. The highest BCUT2D eigenvalue weighted by atomic mass is 32.2. The summed E-state index contributed by atoms with van der Waals surface area (Å²) < 4.78 is 26.9. The Morgan fingerprint density at radius 1 is 1.21 bits per heavy atom. The maximum absolute atomic E-state index is 12.7. The van der Waals surface area contributed by atoms with Gasteiger partial charge in [-0.1, -0.05) is 24.3 Å². The van der Waals surface area contributed by atoms with E-state index in [9.17, 15) is 13.2 Å². The van der Waals surface area contributed by atoms with E-state index in [0.29, 0.717) is 43.4 Å². The number of piperazine rings is 1. The summed E-state index contributed by atoms with van der Waals surface area (Å²) in [5.74, 6) is 0.491. The molecule has 1 aromatic carbocycles. The number of amides is 1. The van der Waals surface area contributed by atoms with Crippen molar-refractivity contribution in [3.63, 3.8) is 0 Å².